The second-order valence-electron chi connectivity index (χ2n) is 6.78. The molecular formula is C17H23BN2O4. The van der Waals surface area contributed by atoms with E-state index >= 15 is 0 Å². The molecule has 1 fully saturated rings. The van der Waals surface area contributed by atoms with Gasteiger partial charge in [-0.3, -0.25) is 4.57 Å². The van der Waals surface area contributed by atoms with Crippen LogP contribution in [-0.4, -0.2) is 42.1 Å². The number of aromatic nitrogens is 2. The van der Waals surface area contributed by atoms with Gasteiger partial charge in [-0.1, -0.05) is 12.1 Å². The summed E-state index contributed by atoms with van der Waals surface area (Å²) in [5.74, 6) is 0.730. The van der Waals surface area contributed by atoms with Crippen LogP contribution in [0.25, 0.3) is 5.69 Å². The van der Waals surface area contributed by atoms with Gasteiger partial charge in [0.25, 0.3) is 6.01 Å². The van der Waals surface area contributed by atoms with Crippen molar-refractivity contribution in [3.8, 4) is 17.4 Å². The van der Waals surface area contributed by atoms with Crippen molar-refractivity contribution in [1.82, 2.24) is 9.55 Å². The first kappa shape index (κ1) is 16.9. The first-order valence-corrected chi connectivity index (χ1v) is 7.91. The van der Waals surface area contributed by atoms with Crippen LogP contribution in [0.5, 0.6) is 11.8 Å². The third-order valence-corrected chi connectivity index (χ3v) is 4.71. The largest absolute Gasteiger partial charge is 0.516 e. The van der Waals surface area contributed by atoms with E-state index in [-0.39, 0.29) is 0 Å². The Morgan fingerprint density at radius 3 is 2.21 bits per heavy atom. The predicted octanol–water partition coefficient (Wildman–Crippen LogP) is 2.19. The zero-order valence-corrected chi connectivity index (χ0v) is 15.0. The van der Waals surface area contributed by atoms with Gasteiger partial charge in [0.2, 0.25) is 0 Å². The van der Waals surface area contributed by atoms with Gasteiger partial charge in [0.1, 0.15) is 5.75 Å². The quantitative estimate of drug-likeness (QED) is 0.805. The molecule has 0 radical (unpaired) electrons. The maximum absolute atomic E-state index is 6.07. The summed E-state index contributed by atoms with van der Waals surface area (Å²) in [7, 11) is 2.68. The van der Waals surface area contributed by atoms with Gasteiger partial charge in [0, 0.05) is 6.20 Å². The monoisotopic (exact) mass is 330 g/mol. The van der Waals surface area contributed by atoms with Crippen LogP contribution in [-0.2, 0) is 9.31 Å². The molecule has 0 atom stereocenters. The number of para-hydroxylation sites is 2. The van der Waals surface area contributed by atoms with Gasteiger partial charge in [0.15, 0.2) is 0 Å². The third-order valence-electron chi connectivity index (χ3n) is 4.71. The van der Waals surface area contributed by atoms with Crippen LogP contribution in [0, 0.1) is 0 Å². The van der Waals surface area contributed by atoms with Gasteiger partial charge >= 0.3 is 7.12 Å². The average molecular weight is 330 g/mol. The summed E-state index contributed by atoms with van der Waals surface area (Å²) in [4.78, 5) is 4.53. The van der Waals surface area contributed by atoms with E-state index in [0.29, 0.717) is 11.6 Å². The second-order valence-corrected chi connectivity index (χ2v) is 6.78. The number of imidazole rings is 1. The fourth-order valence-electron chi connectivity index (χ4n) is 2.60. The summed E-state index contributed by atoms with van der Waals surface area (Å²) in [6.45, 7) is 8.06. The Labute approximate surface area is 142 Å². The van der Waals surface area contributed by atoms with Crippen molar-refractivity contribution < 1.29 is 18.8 Å². The van der Waals surface area contributed by atoms with Gasteiger partial charge in [0.05, 0.1) is 36.7 Å². The minimum absolute atomic E-state index is 0.418. The molecule has 1 aromatic carbocycles. The first-order valence-electron chi connectivity index (χ1n) is 7.91. The molecule has 1 aliphatic heterocycles. The zero-order valence-electron chi connectivity index (χ0n) is 15.0. The topological polar surface area (TPSA) is 54.7 Å². The Bertz CT molecular complexity index is 726. The van der Waals surface area contributed by atoms with Crippen LogP contribution in [0.3, 0.4) is 0 Å². The number of benzene rings is 1. The van der Waals surface area contributed by atoms with E-state index in [2.05, 4.69) is 4.98 Å². The van der Waals surface area contributed by atoms with E-state index in [1.54, 1.807) is 14.2 Å². The number of rotatable bonds is 4. The van der Waals surface area contributed by atoms with Crippen LogP contribution < -0.4 is 15.1 Å². The maximum Gasteiger partial charge on any atom is 0.516 e. The van der Waals surface area contributed by atoms with E-state index in [1.165, 1.54) is 0 Å². The smallest absolute Gasteiger partial charge is 0.495 e. The molecule has 7 heteroatoms. The van der Waals surface area contributed by atoms with Gasteiger partial charge < -0.3 is 18.8 Å². The lowest BCUT2D eigenvalue weighted by Gasteiger charge is -2.32. The summed E-state index contributed by atoms with van der Waals surface area (Å²) in [5, 5.41) is 0. The van der Waals surface area contributed by atoms with E-state index in [9.17, 15) is 0 Å². The minimum Gasteiger partial charge on any atom is -0.495 e. The molecule has 0 amide bonds. The summed E-state index contributed by atoms with van der Waals surface area (Å²) < 4.78 is 24.8. The molecule has 2 aromatic rings. The normalized spacial score (nSPS) is 18.7. The molecule has 0 N–H and O–H groups in total. The zero-order chi connectivity index (χ0) is 17.5. The molecule has 24 heavy (non-hydrogen) atoms. The summed E-state index contributed by atoms with van der Waals surface area (Å²) in [6.07, 6.45) is 1.86. The average Bonchev–Trinajstić information content (AvgIpc) is 3.06. The Morgan fingerprint density at radius 2 is 1.62 bits per heavy atom. The predicted molar refractivity (Wildman–Crippen MR) is 92.4 cm³/mol. The molecule has 1 saturated heterocycles. The van der Waals surface area contributed by atoms with Crippen LogP contribution in [0.2, 0.25) is 0 Å². The molecule has 3 rings (SSSR count). The molecule has 0 saturated carbocycles. The Hall–Kier alpha value is -1.99. The lowest BCUT2D eigenvalue weighted by molar-refractivity contribution is 0.00578. The van der Waals surface area contributed by atoms with Crippen LogP contribution in [0.15, 0.2) is 30.5 Å². The maximum atomic E-state index is 6.07. The fourth-order valence-corrected chi connectivity index (χ4v) is 2.60. The van der Waals surface area contributed by atoms with Crippen molar-refractivity contribution in [3.05, 3.63) is 30.5 Å². The molecule has 6 nitrogen and oxygen atoms in total. The van der Waals surface area contributed by atoms with E-state index in [4.69, 9.17) is 18.8 Å². The number of hydrogen-bond acceptors (Lipinski definition) is 5. The molecule has 128 valence electrons. The molecular weight excluding hydrogens is 307 g/mol. The highest BCUT2D eigenvalue weighted by atomic mass is 16.7. The molecule has 2 heterocycles. The Balaban J connectivity index is 2.01. The standard InChI is InChI=1S/C17H23BN2O4/c1-16(2)17(3,4)24-18(23-16)14-11-20(15(19-14)22-6)12-9-7-8-10-13(12)21-5/h7-11H,1-6H3. The van der Waals surface area contributed by atoms with Crippen molar-refractivity contribution in [2.75, 3.05) is 14.2 Å². The highest BCUT2D eigenvalue weighted by Crippen LogP contribution is 2.36. The fraction of sp³-hybridized carbons (Fsp3) is 0.471. The highest BCUT2D eigenvalue weighted by molar-refractivity contribution is 6.61. The highest BCUT2D eigenvalue weighted by Gasteiger charge is 2.52. The van der Waals surface area contributed by atoms with E-state index in [1.807, 2.05) is 62.7 Å². The van der Waals surface area contributed by atoms with Crippen LogP contribution in [0.4, 0.5) is 0 Å². The number of ether oxygens (including phenoxy) is 2. The van der Waals surface area contributed by atoms with Crippen molar-refractivity contribution in [1.29, 1.82) is 0 Å². The number of hydrogen-bond donors (Lipinski definition) is 0. The van der Waals surface area contributed by atoms with Crippen molar-refractivity contribution >= 4 is 12.7 Å². The summed E-state index contributed by atoms with van der Waals surface area (Å²) in [6, 6.07) is 8.14. The van der Waals surface area contributed by atoms with Crippen molar-refractivity contribution in [3.63, 3.8) is 0 Å². The van der Waals surface area contributed by atoms with E-state index < -0.39 is 18.3 Å². The molecule has 1 aromatic heterocycles. The molecule has 0 bridgehead atoms. The lowest BCUT2D eigenvalue weighted by Crippen LogP contribution is -2.41. The first-order chi connectivity index (χ1) is 11.3. The van der Waals surface area contributed by atoms with Gasteiger partial charge in [-0.2, -0.15) is 0 Å². The van der Waals surface area contributed by atoms with E-state index in [0.717, 1.165) is 11.4 Å². The SMILES string of the molecule is COc1ccccc1-n1cc(B2OC(C)(C)C(C)(C)O2)nc1OC. The molecule has 0 aliphatic carbocycles. The minimum atomic E-state index is -0.542. The van der Waals surface area contributed by atoms with Crippen molar-refractivity contribution in [2.24, 2.45) is 0 Å². The molecule has 1 aliphatic rings. The summed E-state index contributed by atoms with van der Waals surface area (Å²) in [5.41, 5.74) is 0.668. The third kappa shape index (κ3) is 2.67. The van der Waals surface area contributed by atoms with Crippen LogP contribution >= 0.6 is 0 Å². The molecule has 0 unspecified atom stereocenters. The number of methoxy groups -OCH3 is 2. The van der Waals surface area contributed by atoms with Gasteiger partial charge in [-0.25, -0.2) is 4.98 Å². The Kier molecular flexibility index (Phi) is 4.09. The summed E-state index contributed by atoms with van der Waals surface area (Å²) >= 11 is 0. The Morgan fingerprint density at radius 1 is 1.00 bits per heavy atom. The van der Waals surface area contributed by atoms with Crippen LogP contribution in [0.1, 0.15) is 27.7 Å². The second kappa shape index (κ2) is 5.83. The number of nitrogens with zero attached hydrogens (tertiary/aromatic N) is 2. The lowest BCUT2D eigenvalue weighted by atomic mass is 9.86. The molecule has 0 spiro atoms. The van der Waals surface area contributed by atoms with Gasteiger partial charge in [-0.05, 0) is 39.8 Å². The van der Waals surface area contributed by atoms with Gasteiger partial charge in [-0.15, -0.1) is 0 Å². The van der Waals surface area contributed by atoms with Crippen molar-refractivity contribution in [2.45, 2.75) is 38.9 Å².